The smallest absolute Gasteiger partial charge is 0.134 e. The van der Waals surface area contributed by atoms with E-state index in [4.69, 9.17) is 14.3 Å². The molecular formula is C23H27FN2O4. The third-order valence-electron chi connectivity index (χ3n) is 5.45. The molecule has 0 aliphatic carbocycles. The van der Waals surface area contributed by atoms with E-state index >= 15 is 0 Å². The fourth-order valence-corrected chi connectivity index (χ4v) is 3.83. The molecule has 2 heterocycles. The van der Waals surface area contributed by atoms with Gasteiger partial charge in [0.2, 0.25) is 0 Å². The molecule has 4 rings (SSSR count). The highest BCUT2D eigenvalue weighted by atomic mass is 19.1. The minimum Gasteiger partial charge on any atom is -0.491 e. The minimum atomic E-state index is -0.666. The van der Waals surface area contributed by atoms with Crippen LogP contribution in [0.3, 0.4) is 0 Å². The number of ether oxygens (including phenoxy) is 1. The van der Waals surface area contributed by atoms with Crippen molar-refractivity contribution in [3.05, 3.63) is 54.5 Å². The second kappa shape index (κ2) is 9.57. The first-order chi connectivity index (χ1) is 14.6. The van der Waals surface area contributed by atoms with Crippen LogP contribution in [0.1, 0.15) is 0 Å². The molecule has 2 aromatic carbocycles. The zero-order chi connectivity index (χ0) is 20.9. The molecule has 1 aliphatic rings. The van der Waals surface area contributed by atoms with Gasteiger partial charge in [-0.2, -0.15) is 0 Å². The molecule has 30 heavy (non-hydrogen) atoms. The highest BCUT2D eigenvalue weighted by molar-refractivity contribution is 5.83. The van der Waals surface area contributed by atoms with Gasteiger partial charge in [-0.25, -0.2) is 4.39 Å². The first-order valence-corrected chi connectivity index (χ1v) is 10.3. The predicted octanol–water partition coefficient (Wildman–Crippen LogP) is 2.59. The van der Waals surface area contributed by atoms with Gasteiger partial charge in [-0.15, -0.1) is 0 Å². The maximum atomic E-state index is 14.2. The molecule has 3 aromatic rings. The third kappa shape index (κ3) is 5.17. The SMILES string of the molecule is OCCN1CCN(CC(O)COc2cc(F)cc(-c3ccc4ccoc4c3)c2)CC1. The summed E-state index contributed by atoms with van der Waals surface area (Å²) in [6.45, 7) is 4.90. The van der Waals surface area contributed by atoms with E-state index in [0.29, 0.717) is 24.4 Å². The van der Waals surface area contributed by atoms with Crippen molar-refractivity contribution >= 4 is 11.0 Å². The van der Waals surface area contributed by atoms with Gasteiger partial charge in [0.15, 0.2) is 0 Å². The fraction of sp³-hybridized carbons (Fsp3) is 0.391. The molecule has 0 bridgehead atoms. The number of aliphatic hydroxyl groups is 2. The van der Waals surface area contributed by atoms with E-state index in [-0.39, 0.29) is 13.2 Å². The summed E-state index contributed by atoms with van der Waals surface area (Å²) in [6.07, 6.45) is 0.961. The largest absolute Gasteiger partial charge is 0.491 e. The summed E-state index contributed by atoms with van der Waals surface area (Å²) in [5.74, 6) is -0.00658. The number of β-amino-alcohol motifs (C(OH)–C–C–N with tert-alkyl or cyclic N) is 2. The number of aliphatic hydroxyl groups excluding tert-OH is 2. The number of halogens is 1. The Hall–Kier alpha value is -2.45. The molecule has 0 amide bonds. The Labute approximate surface area is 175 Å². The zero-order valence-corrected chi connectivity index (χ0v) is 16.8. The first-order valence-electron chi connectivity index (χ1n) is 10.3. The number of rotatable bonds is 8. The number of hydrogen-bond acceptors (Lipinski definition) is 6. The Morgan fingerprint density at radius 2 is 1.80 bits per heavy atom. The second-order valence-electron chi connectivity index (χ2n) is 7.68. The highest BCUT2D eigenvalue weighted by Crippen LogP contribution is 2.29. The van der Waals surface area contributed by atoms with Crippen molar-refractivity contribution < 1.29 is 23.8 Å². The van der Waals surface area contributed by atoms with E-state index in [9.17, 15) is 9.50 Å². The van der Waals surface area contributed by atoms with Crippen molar-refractivity contribution in [2.45, 2.75) is 6.10 Å². The Morgan fingerprint density at radius 3 is 2.60 bits per heavy atom. The molecule has 160 valence electrons. The van der Waals surface area contributed by atoms with Crippen LogP contribution in [-0.2, 0) is 0 Å². The van der Waals surface area contributed by atoms with E-state index in [0.717, 1.165) is 42.7 Å². The minimum absolute atomic E-state index is 0.0942. The molecule has 1 atom stereocenters. The number of nitrogens with zero attached hydrogens (tertiary/aromatic N) is 2. The summed E-state index contributed by atoms with van der Waals surface area (Å²) in [4.78, 5) is 4.38. The van der Waals surface area contributed by atoms with Crippen molar-refractivity contribution in [2.24, 2.45) is 0 Å². The van der Waals surface area contributed by atoms with E-state index in [2.05, 4.69) is 9.80 Å². The summed E-state index contributed by atoms with van der Waals surface area (Å²) in [6, 6.07) is 12.2. The lowest BCUT2D eigenvalue weighted by Crippen LogP contribution is -2.49. The lowest BCUT2D eigenvalue weighted by molar-refractivity contribution is 0.0428. The van der Waals surface area contributed by atoms with Crippen LogP contribution in [0, 0.1) is 5.82 Å². The van der Waals surface area contributed by atoms with Gasteiger partial charge in [0.1, 0.15) is 29.9 Å². The molecule has 1 aromatic heterocycles. The average Bonchev–Trinajstić information content (AvgIpc) is 3.21. The van der Waals surface area contributed by atoms with Gasteiger partial charge in [-0.3, -0.25) is 9.80 Å². The summed E-state index contributed by atoms with van der Waals surface area (Å²) in [5, 5.41) is 20.4. The van der Waals surface area contributed by atoms with Crippen LogP contribution in [0.4, 0.5) is 4.39 Å². The van der Waals surface area contributed by atoms with Gasteiger partial charge in [-0.05, 0) is 35.4 Å². The van der Waals surface area contributed by atoms with Crippen molar-refractivity contribution in [3.8, 4) is 16.9 Å². The molecule has 1 unspecified atom stereocenters. The molecule has 1 aliphatic heterocycles. The van der Waals surface area contributed by atoms with Gasteiger partial charge in [0, 0.05) is 50.7 Å². The molecule has 2 N–H and O–H groups in total. The van der Waals surface area contributed by atoms with Crippen LogP contribution >= 0.6 is 0 Å². The van der Waals surface area contributed by atoms with Crippen molar-refractivity contribution in [1.29, 1.82) is 0 Å². The summed E-state index contributed by atoms with van der Waals surface area (Å²) < 4.78 is 25.3. The number of fused-ring (bicyclic) bond motifs is 1. The average molecular weight is 414 g/mol. The molecule has 1 saturated heterocycles. The Kier molecular flexibility index (Phi) is 6.64. The quantitative estimate of drug-likeness (QED) is 0.591. The summed E-state index contributed by atoms with van der Waals surface area (Å²) in [7, 11) is 0. The number of piperazine rings is 1. The van der Waals surface area contributed by atoms with Gasteiger partial charge < -0.3 is 19.4 Å². The van der Waals surface area contributed by atoms with Crippen LogP contribution in [0.25, 0.3) is 22.1 Å². The van der Waals surface area contributed by atoms with Crippen LogP contribution in [0.2, 0.25) is 0 Å². The van der Waals surface area contributed by atoms with Crippen molar-refractivity contribution in [1.82, 2.24) is 9.80 Å². The normalized spacial score (nSPS) is 16.8. The Balaban J connectivity index is 1.34. The van der Waals surface area contributed by atoms with E-state index in [1.54, 1.807) is 12.3 Å². The van der Waals surface area contributed by atoms with Gasteiger partial charge in [0.25, 0.3) is 0 Å². The fourth-order valence-electron chi connectivity index (χ4n) is 3.83. The lowest BCUT2D eigenvalue weighted by atomic mass is 10.0. The topological polar surface area (TPSA) is 69.3 Å². The Morgan fingerprint density at radius 1 is 1.00 bits per heavy atom. The third-order valence-corrected chi connectivity index (χ3v) is 5.45. The van der Waals surface area contributed by atoms with Crippen LogP contribution in [0.15, 0.2) is 53.1 Å². The van der Waals surface area contributed by atoms with E-state index < -0.39 is 11.9 Å². The molecule has 1 fully saturated rings. The Bertz CT molecular complexity index is 969. The molecular weight excluding hydrogens is 387 g/mol. The molecule has 0 radical (unpaired) electrons. The van der Waals surface area contributed by atoms with Crippen LogP contribution < -0.4 is 4.74 Å². The first kappa shape index (κ1) is 20.8. The molecule has 0 spiro atoms. The zero-order valence-electron chi connectivity index (χ0n) is 16.8. The lowest BCUT2D eigenvalue weighted by Gasteiger charge is -2.35. The maximum absolute atomic E-state index is 14.2. The van der Waals surface area contributed by atoms with E-state index in [1.807, 2.05) is 24.3 Å². The van der Waals surface area contributed by atoms with Crippen molar-refractivity contribution in [3.63, 3.8) is 0 Å². The predicted molar refractivity (Wildman–Crippen MR) is 113 cm³/mol. The molecule has 0 saturated carbocycles. The number of benzene rings is 2. The van der Waals surface area contributed by atoms with Gasteiger partial charge in [-0.1, -0.05) is 12.1 Å². The molecule has 7 heteroatoms. The second-order valence-corrected chi connectivity index (χ2v) is 7.68. The van der Waals surface area contributed by atoms with Crippen LogP contribution in [-0.4, -0.2) is 78.6 Å². The summed E-state index contributed by atoms with van der Waals surface area (Å²) >= 11 is 0. The van der Waals surface area contributed by atoms with Crippen LogP contribution in [0.5, 0.6) is 5.75 Å². The molecule has 6 nitrogen and oxygen atoms in total. The van der Waals surface area contributed by atoms with Crippen molar-refractivity contribution in [2.75, 3.05) is 52.5 Å². The van der Waals surface area contributed by atoms with Gasteiger partial charge >= 0.3 is 0 Å². The highest BCUT2D eigenvalue weighted by Gasteiger charge is 2.19. The van der Waals surface area contributed by atoms with Gasteiger partial charge in [0.05, 0.1) is 12.9 Å². The van der Waals surface area contributed by atoms with E-state index in [1.165, 1.54) is 12.1 Å². The summed E-state index contributed by atoms with van der Waals surface area (Å²) in [5.41, 5.74) is 2.27. The monoisotopic (exact) mass is 414 g/mol. The number of hydrogen-bond donors (Lipinski definition) is 2. The maximum Gasteiger partial charge on any atom is 0.134 e. The number of furan rings is 1. The standard InChI is InChI=1S/C23H27FN2O4/c24-20-11-19(18-2-1-17-3-10-29-23(17)13-18)12-22(14-20)30-16-21(28)15-26-6-4-25(5-7-26)8-9-27/h1-3,10-14,21,27-28H,4-9,15-16H2.